The Morgan fingerprint density at radius 2 is 1.82 bits per heavy atom. The van der Waals surface area contributed by atoms with E-state index in [4.69, 9.17) is 4.74 Å². The summed E-state index contributed by atoms with van der Waals surface area (Å²) >= 11 is 0. The number of carboxylic acid groups (broad SMARTS) is 1. The van der Waals surface area contributed by atoms with Gasteiger partial charge in [-0.3, -0.25) is 14.7 Å². The van der Waals surface area contributed by atoms with Gasteiger partial charge in [-0.25, -0.2) is 22.8 Å². The number of morpholine rings is 1. The maximum Gasteiger partial charge on any atom is 0.416 e. The number of carbonyl (C=O) groups excluding carboxylic acids is 2. The molecule has 2 atom stereocenters. The monoisotopic (exact) mass is 628 g/mol. The van der Waals surface area contributed by atoms with Gasteiger partial charge in [0.15, 0.2) is 6.04 Å². The number of carbonyl (C=O) groups is 3. The SMILES string of the molecule is O=C(NC1CCC(F)(F)CC1)C(c1cnccc1C(F)(F)F)N(C(=O)N1CCOC[C@@H]1C(=O)O)c1ccc(C2CC2)cc1F. The van der Waals surface area contributed by atoms with Gasteiger partial charge >= 0.3 is 18.2 Å². The van der Waals surface area contributed by atoms with Crippen LogP contribution in [0.3, 0.4) is 0 Å². The summed E-state index contributed by atoms with van der Waals surface area (Å²) in [4.78, 5) is 45.3. The summed E-state index contributed by atoms with van der Waals surface area (Å²) in [6.45, 7) is -0.897. The first-order valence-electron chi connectivity index (χ1n) is 14.2. The standard InChI is InChI=1S/C29H30F6N4O5/c30-21-13-17(16-1-2-16)3-4-22(21)39(27(43)38-11-12-44-15-23(38)26(41)42)24(19-14-36-10-7-20(19)29(33,34)35)25(40)37-18-5-8-28(31,32)9-6-18/h3-4,7,10,13-14,16,18,23-24H,1-2,5-6,8-9,11-12,15H2,(H,37,40)(H,41,42)/t23-,24?/m1/s1. The lowest BCUT2D eigenvalue weighted by atomic mass is 9.91. The van der Waals surface area contributed by atoms with E-state index >= 15 is 4.39 Å². The summed E-state index contributed by atoms with van der Waals surface area (Å²) in [5.41, 5.74) is -2.12. The zero-order valence-electron chi connectivity index (χ0n) is 23.3. The molecule has 1 aromatic heterocycles. The second kappa shape index (κ2) is 12.3. The summed E-state index contributed by atoms with van der Waals surface area (Å²) in [5.74, 6) is -6.60. The van der Waals surface area contributed by atoms with Gasteiger partial charge in [0.05, 0.1) is 24.5 Å². The fourth-order valence-corrected chi connectivity index (χ4v) is 5.66. The Hall–Kier alpha value is -3.88. The van der Waals surface area contributed by atoms with Crippen molar-refractivity contribution in [1.82, 2.24) is 15.2 Å². The number of anilines is 1. The van der Waals surface area contributed by atoms with Gasteiger partial charge in [-0.15, -0.1) is 0 Å². The molecule has 0 radical (unpaired) electrons. The third-order valence-corrected chi connectivity index (χ3v) is 8.17. The van der Waals surface area contributed by atoms with Gasteiger partial charge in [0.2, 0.25) is 11.8 Å². The highest BCUT2D eigenvalue weighted by atomic mass is 19.4. The van der Waals surface area contributed by atoms with Crippen molar-refractivity contribution in [2.24, 2.45) is 0 Å². The molecule has 1 unspecified atom stereocenters. The number of benzene rings is 1. The first-order valence-corrected chi connectivity index (χ1v) is 14.2. The Balaban J connectivity index is 1.65. The molecule has 1 saturated heterocycles. The van der Waals surface area contributed by atoms with E-state index in [1.807, 2.05) is 0 Å². The number of nitrogens with zero attached hydrogens (tertiary/aromatic N) is 3. The van der Waals surface area contributed by atoms with Gasteiger partial charge in [0.1, 0.15) is 11.9 Å². The van der Waals surface area contributed by atoms with Crippen molar-refractivity contribution in [1.29, 1.82) is 0 Å². The van der Waals surface area contributed by atoms with Gasteiger partial charge < -0.3 is 20.1 Å². The number of rotatable bonds is 7. The second-order valence-corrected chi connectivity index (χ2v) is 11.3. The normalized spacial score (nSPS) is 21.4. The van der Waals surface area contributed by atoms with Crippen LogP contribution in [0.2, 0.25) is 0 Å². The number of ether oxygens (including phenoxy) is 1. The summed E-state index contributed by atoms with van der Waals surface area (Å²) in [5, 5.41) is 12.3. The largest absolute Gasteiger partial charge is 0.480 e. The van der Waals surface area contributed by atoms with E-state index in [0.29, 0.717) is 16.5 Å². The number of hydrogen-bond acceptors (Lipinski definition) is 5. The van der Waals surface area contributed by atoms with Crippen molar-refractivity contribution in [3.05, 3.63) is 59.2 Å². The van der Waals surface area contributed by atoms with Crippen LogP contribution in [0.15, 0.2) is 36.7 Å². The van der Waals surface area contributed by atoms with Crippen LogP contribution in [-0.4, -0.2) is 70.7 Å². The van der Waals surface area contributed by atoms with Crippen LogP contribution in [0.25, 0.3) is 0 Å². The minimum atomic E-state index is -5.05. The summed E-state index contributed by atoms with van der Waals surface area (Å²) < 4.78 is 91.6. The van der Waals surface area contributed by atoms with Crippen LogP contribution in [0, 0.1) is 5.82 Å². The van der Waals surface area contributed by atoms with Crippen molar-refractivity contribution in [3.63, 3.8) is 0 Å². The Labute approximate surface area is 248 Å². The molecule has 5 rings (SSSR count). The molecule has 44 heavy (non-hydrogen) atoms. The summed E-state index contributed by atoms with van der Waals surface area (Å²) in [6, 6.07) is -1.54. The number of alkyl halides is 5. The lowest BCUT2D eigenvalue weighted by molar-refractivity contribution is -0.147. The summed E-state index contributed by atoms with van der Waals surface area (Å²) in [6.07, 6.45) is -3.40. The Bertz CT molecular complexity index is 1410. The molecule has 3 fully saturated rings. The first kappa shape index (κ1) is 31.5. The molecule has 3 amide bonds. The first-order chi connectivity index (χ1) is 20.8. The topological polar surface area (TPSA) is 112 Å². The third-order valence-electron chi connectivity index (χ3n) is 8.17. The molecule has 15 heteroatoms. The van der Waals surface area contributed by atoms with E-state index in [9.17, 15) is 41.4 Å². The molecule has 0 spiro atoms. The summed E-state index contributed by atoms with van der Waals surface area (Å²) in [7, 11) is 0. The number of nitrogens with one attached hydrogen (secondary N) is 1. The highest BCUT2D eigenvalue weighted by Gasteiger charge is 2.46. The number of halogens is 6. The molecule has 2 aromatic rings. The molecule has 2 heterocycles. The number of amides is 3. The van der Waals surface area contributed by atoms with Crippen molar-refractivity contribution in [2.45, 2.75) is 74.7 Å². The van der Waals surface area contributed by atoms with E-state index in [1.165, 1.54) is 12.1 Å². The second-order valence-electron chi connectivity index (χ2n) is 11.3. The average Bonchev–Trinajstić information content (AvgIpc) is 3.82. The van der Waals surface area contributed by atoms with Crippen LogP contribution in [0.4, 0.5) is 36.8 Å². The van der Waals surface area contributed by atoms with E-state index in [1.54, 1.807) is 0 Å². The molecule has 3 aliphatic rings. The number of hydrogen-bond donors (Lipinski definition) is 2. The number of aromatic nitrogens is 1. The fraction of sp³-hybridized carbons (Fsp3) is 0.517. The molecule has 1 aromatic carbocycles. The Morgan fingerprint density at radius 1 is 1.11 bits per heavy atom. The highest BCUT2D eigenvalue weighted by Crippen LogP contribution is 2.43. The molecule has 9 nitrogen and oxygen atoms in total. The molecular formula is C29H30F6N4O5. The predicted molar refractivity (Wildman–Crippen MR) is 143 cm³/mol. The van der Waals surface area contributed by atoms with Crippen LogP contribution < -0.4 is 10.2 Å². The van der Waals surface area contributed by atoms with E-state index in [-0.39, 0.29) is 31.9 Å². The molecule has 2 N–H and O–H groups in total. The van der Waals surface area contributed by atoms with Gasteiger partial charge in [0.25, 0.3) is 0 Å². The van der Waals surface area contributed by atoms with Crippen molar-refractivity contribution >= 4 is 23.6 Å². The quantitative estimate of drug-likeness (QED) is 0.405. The van der Waals surface area contributed by atoms with Crippen LogP contribution >= 0.6 is 0 Å². The lowest BCUT2D eigenvalue weighted by Gasteiger charge is -2.40. The zero-order valence-corrected chi connectivity index (χ0v) is 23.3. The fourth-order valence-electron chi connectivity index (χ4n) is 5.66. The van der Waals surface area contributed by atoms with Crippen LogP contribution in [0.5, 0.6) is 0 Å². The number of aliphatic carboxylic acids is 1. The lowest BCUT2D eigenvalue weighted by Crippen LogP contribution is -2.59. The van der Waals surface area contributed by atoms with E-state index in [2.05, 4.69) is 10.3 Å². The molecule has 0 bridgehead atoms. The number of carboxylic acids is 1. The maximum atomic E-state index is 15.9. The minimum absolute atomic E-state index is 0.0667. The van der Waals surface area contributed by atoms with Crippen molar-refractivity contribution in [2.75, 3.05) is 24.7 Å². The van der Waals surface area contributed by atoms with Gasteiger partial charge in [-0.05, 0) is 55.4 Å². The molecule has 2 aliphatic carbocycles. The van der Waals surface area contributed by atoms with E-state index < -0.39 is 90.2 Å². The number of urea groups is 1. The zero-order chi connectivity index (χ0) is 31.8. The molecular weight excluding hydrogens is 598 g/mol. The highest BCUT2D eigenvalue weighted by molar-refractivity contribution is 6.02. The van der Waals surface area contributed by atoms with E-state index in [0.717, 1.165) is 36.2 Å². The molecule has 238 valence electrons. The van der Waals surface area contributed by atoms with Gasteiger partial charge in [-0.1, -0.05) is 6.07 Å². The van der Waals surface area contributed by atoms with Crippen LogP contribution in [-0.2, 0) is 20.5 Å². The van der Waals surface area contributed by atoms with Gasteiger partial charge in [0, 0.05) is 43.4 Å². The Kier molecular flexibility index (Phi) is 8.78. The smallest absolute Gasteiger partial charge is 0.416 e. The molecule has 2 saturated carbocycles. The maximum absolute atomic E-state index is 15.9. The number of pyridine rings is 1. The predicted octanol–water partition coefficient (Wildman–Crippen LogP) is 5.26. The average molecular weight is 629 g/mol. The Morgan fingerprint density at radius 3 is 2.43 bits per heavy atom. The van der Waals surface area contributed by atoms with Crippen molar-refractivity contribution < 1.29 is 50.6 Å². The molecule has 1 aliphatic heterocycles. The van der Waals surface area contributed by atoms with Crippen molar-refractivity contribution in [3.8, 4) is 0 Å². The van der Waals surface area contributed by atoms with Crippen LogP contribution in [0.1, 0.15) is 67.2 Å². The third kappa shape index (κ3) is 6.76. The van der Waals surface area contributed by atoms with Gasteiger partial charge in [-0.2, -0.15) is 13.2 Å². The minimum Gasteiger partial charge on any atom is -0.480 e.